The number of nitrogens with one attached hydrogen (secondary N) is 1. The number of anilines is 1. The van der Waals surface area contributed by atoms with Gasteiger partial charge in [0, 0.05) is 10.3 Å². The second-order valence-corrected chi connectivity index (χ2v) is 11.2. The molecule has 20 heteroatoms. The normalized spacial score (nSPS) is 23.3. The SMILES string of the molecule is CCOC(=O)[C@@H](C)NP(=O)(O)OOc1c(OCC2(N=[N+]=[N-])O[C@@H](n3cnc4c(N)ncnc43)[C@H](O)[C@@H]2O)ccc2ccccc12. The molecule has 2 unspecified atom stereocenters. The van der Waals surface area contributed by atoms with Crippen molar-refractivity contribution in [2.45, 2.75) is 44.1 Å². The van der Waals surface area contributed by atoms with E-state index in [0.717, 1.165) is 0 Å². The van der Waals surface area contributed by atoms with Gasteiger partial charge in [0.2, 0.25) is 11.5 Å². The lowest BCUT2D eigenvalue weighted by Crippen LogP contribution is -2.46. The van der Waals surface area contributed by atoms with Gasteiger partial charge in [-0.05, 0) is 30.8 Å². The van der Waals surface area contributed by atoms with Gasteiger partial charge in [-0.15, -0.1) is 0 Å². The second-order valence-electron chi connectivity index (χ2n) is 9.74. The molecular formula is C25H28N9O10P. The van der Waals surface area contributed by atoms with E-state index in [1.165, 1.54) is 30.2 Å². The fraction of sp³-hybridized carbons (Fsp3) is 0.360. The number of carbonyl (C=O) groups is 1. The van der Waals surface area contributed by atoms with E-state index in [1.807, 2.05) is 0 Å². The highest BCUT2D eigenvalue weighted by molar-refractivity contribution is 7.50. The van der Waals surface area contributed by atoms with Crippen molar-refractivity contribution in [1.82, 2.24) is 24.6 Å². The number of aromatic nitrogens is 4. The predicted molar refractivity (Wildman–Crippen MR) is 154 cm³/mol. The Balaban J connectivity index is 1.42. The fourth-order valence-corrected chi connectivity index (χ4v) is 5.45. The number of carbonyl (C=O) groups excluding carboxylic acids is 1. The minimum absolute atomic E-state index is 0.0596. The summed E-state index contributed by atoms with van der Waals surface area (Å²) in [6, 6.07) is 8.60. The van der Waals surface area contributed by atoms with Crippen LogP contribution in [0.3, 0.4) is 0 Å². The third-order valence-corrected chi connectivity index (χ3v) is 7.76. The monoisotopic (exact) mass is 645 g/mol. The van der Waals surface area contributed by atoms with Gasteiger partial charge in [0.25, 0.3) is 0 Å². The number of azide groups is 1. The number of hydrogen-bond acceptors (Lipinski definition) is 14. The lowest BCUT2D eigenvalue weighted by Gasteiger charge is -2.27. The number of ether oxygens (including phenoxy) is 3. The molecular weight excluding hydrogens is 617 g/mol. The van der Waals surface area contributed by atoms with Crippen molar-refractivity contribution < 1.29 is 48.2 Å². The number of esters is 1. The van der Waals surface area contributed by atoms with Crippen LogP contribution in [0.5, 0.6) is 11.5 Å². The number of rotatable bonds is 12. The molecule has 19 nitrogen and oxygen atoms in total. The molecule has 0 saturated carbocycles. The highest BCUT2D eigenvalue weighted by Crippen LogP contribution is 2.44. The van der Waals surface area contributed by atoms with Gasteiger partial charge in [0.15, 0.2) is 23.4 Å². The maximum Gasteiger partial charge on any atom is 0.440 e. The number of nitrogens with zero attached hydrogens (tertiary/aromatic N) is 7. The molecule has 0 radical (unpaired) electrons. The minimum atomic E-state index is -4.75. The topological polar surface area (TPSA) is 271 Å². The largest absolute Gasteiger partial charge is 0.486 e. The van der Waals surface area contributed by atoms with Crippen LogP contribution in [-0.2, 0) is 23.5 Å². The first-order valence-corrected chi connectivity index (χ1v) is 14.9. The zero-order chi connectivity index (χ0) is 32.4. The zero-order valence-corrected chi connectivity index (χ0v) is 24.6. The number of hydrogen-bond donors (Lipinski definition) is 5. The van der Waals surface area contributed by atoms with E-state index in [0.29, 0.717) is 10.8 Å². The Kier molecular flexibility index (Phi) is 9.06. The number of benzene rings is 2. The van der Waals surface area contributed by atoms with E-state index in [-0.39, 0.29) is 35.1 Å². The van der Waals surface area contributed by atoms with Crippen molar-refractivity contribution >= 4 is 41.5 Å². The Hall–Kier alpha value is -4.58. The Morgan fingerprint density at radius 1 is 1.29 bits per heavy atom. The molecule has 1 saturated heterocycles. The second kappa shape index (κ2) is 12.8. The van der Waals surface area contributed by atoms with Crippen LogP contribution in [0.4, 0.5) is 5.82 Å². The number of nitrogens with two attached hydrogens (primary N) is 1. The first-order chi connectivity index (χ1) is 21.5. The molecule has 1 aliphatic heterocycles. The van der Waals surface area contributed by atoms with E-state index >= 15 is 0 Å². The van der Waals surface area contributed by atoms with Crippen LogP contribution in [0.2, 0.25) is 0 Å². The van der Waals surface area contributed by atoms with E-state index < -0.39 is 50.5 Å². The molecule has 6 atom stereocenters. The molecule has 2 aromatic heterocycles. The molecule has 4 aromatic rings. The van der Waals surface area contributed by atoms with Crippen LogP contribution in [0.1, 0.15) is 20.1 Å². The molecule has 0 aliphatic carbocycles. The van der Waals surface area contributed by atoms with E-state index in [1.54, 1.807) is 37.3 Å². The maximum absolute atomic E-state index is 12.7. The predicted octanol–water partition coefficient (Wildman–Crippen LogP) is 1.85. The van der Waals surface area contributed by atoms with Gasteiger partial charge in [-0.3, -0.25) is 9.36 Å². The number of nitrogen functional groups attached to an aromatic ring is 1. The third-order valence-electron chi connectivity index (χ3n) is 6.77. The van der Waals surface area contributed by atoms with Crippen LogP contribution in [0.25, 0.3) is 32.4 Å². The molecule has 1 aliphatic rings. The van der Waals surface area contributed by atoms with Gasteiger partial charge in [-0.2, -0.15) is 0 Å². The van der Waals surface area contributed by atoms with E-state index in [9.17, 15) is 30.0 Å². The van der Waals surface area contributed by atoms with E-state index in [2.05, 4.69) is 30.1 Å². The van der Waals surface area contributed by atoms with Crippen molar-refractivity contribution in [3.05, 3.63) is 59.5 Å². The van der Waals surface area contributed by atoms with Crippen LogP contribution in [0, 0.1) is 0 Å². The number of fused-ring (bicyclic) bond motifs is 2. The Labute approximate surface area is 253 Å². The lowest BCUT2D eigenvalue weighted by molar-refractivity contribution is -0.145. The molecule has 1 fully saturated rings. The van der Waals surface area contributed by atoms with Crippen LogP contribution < -0.4 is 20.4 Å². The molecule has 238 valence electrons. The van der Waals surface area contributed by atoms with Gasteiger partial charge >= 0.3 is 13.7 Å². The summed E-state index contributed by atoms with van der Waals surface area (Å²) in [5, 5.41) is 28.7. The van der Waals surface area contributed by atoms with Gasteiger partial charge < -0.3 is 39.9 Å². The summed E-state index contributed by atoms with van der Waals surface area (Å²) >= 11 is 0. The van der Waals surface area contributed by atoms with Gasteiger partial charge in [0.05, 0.1) is 12.9 Å². The average molecular weight is 646 g/mol. The quantitative estimate of drug-likeness (QED) is 0.0280. The summed E-state index contributed by atoms with van der Waals surface area (Å²) in [5.41, 5.74) is 13.4. The summed E-state index contributed by atoms with van der Waals surface area (Å²) in [4.78, 5) is 42.4. The van der Waals surface area contributed by atoms with Gasteiger partial charge in [-0.25, -0.2) is 24.6 Å². The lowest BCUT2D eigenvalue weighted by atomic mass is 10.1. The summed E-state index contributed by atoms with van der Waals surface area (Å²) in [6.45, 7) is 2.26. The summed E-state index contributed by atoms with van der Waals surface area (Å²) in [6.07, 6.45) is -2.38. The molecule has 0 spiro atoms. The molecule has 0 amide bonds. The standard InChI is InChI=1S/C25H28N9O10P/c1-3-40-24(37)13(2)31-45(38,39)44-43-19-15-7-5-4-6-14(15)8-9-16(19)41-10-25(32-33-27)20(36)18(35)23(42-25)34-12-30-17-21(26)28-11-29-22(17)34/h4-9,11-13,18,20,23,35-36H,3,10H2,1-2H3,(H2,26,28,29)(H2,31,38,39)/t13-,18-,20+,23-,25?/m1/s1. The van der Waals surface area contributed by atoms with Gasteiger partial charge in [0.1, 0.15) is 36.7 Å². The highest BCUT2D eigenvalue weighted by atomic mass is 31.2. The smallest absolute Gasteiger partial charge is 0.440 e. The maximum atomic E-state index is 12.7. The van der Waals surface area contributed by atoms with Crippen LogP contribution in [0.15, 0.2) is 54.2 Å². The van der Waals surface area contributed by atoms with Gasteiger partial charge in [-0.1, -0.05) is 40.1 Å². The summed E-state index contributed by atoms with van der Waals surface area (Å²) in [5.74, 6) is -0.994. The number of imidazole rings is 1. The van der Waals surface area contributed by atoms with Crippen molar-refractivity contribution in [3.8, 4) is 11.5 Å². The van der Waals surface area contributed by atoms with Crippen molar-refractivity contribution in [2.75, 3.05) is 18.9 Å². The summed E-state index contributed by atoms with van der Waals surface area (Å²) in [7, 11) is -4.75. The molecule has 2 aromatic carbocycles. The molecule has 6 N–H and O–H groups in total. The Morgan fingerprint density at radius 3 is 2.82 bits per heavy atom. The van der Waals surface area contributed by atoms with Crippen LogP contribution in [-0.4, -0.2) is 77.8 Å². The molecule has 5 rings (SSSR count). The van der Waals surface area contributed by atoms with Crippen LogP contribution >= 0.6 is 7.75 Å². The average Bonchev–Trinajstić information content (AvgIpc) is 3.55. The summed E-state index contributed by atoms with van der Waals surface area (Å²) < 4.78 is 35.4. The zero-order valence-electron chi connectivity index (χ0n) is 23.7. The number of aliphatic hydroxyl groups is 2. The Morgan fingerprint density at radius 2 is 2.07 bits per heavy atom. The van der Waals surface area contributed by atoms with Crippen molar-refractivity contribution in [3.63, 3.8) is 0 Å². The fourth-order valence-electron chi connectivity index (χ4n) is 4.63. The molecule has 3 heterocycles. The van der Waals surface area contributed by atoms with Crippen molar-refractivity contribution in [2.24, 2.45) is 5.11 Å². The molecule has 45 heavy (non-hydrogen) atoms. The third kappa shape index (κ3) is 6.32. The number of aliphatic hydroxyl groups excluding tert-OH is 2. The first-order valence-electron chi connectivity index (χ1n) is 13.3. The first kappa shape index (κ1) is 31.8. The van der Waals surface area contributed by atoms with E-state index in [4.69, 9.17) is 29.5 Å². The molecule has 0 bridgehead atoms. The Bertz CT molecular complexity index is 1820. The van der Waals surface area contributed by atoms with Crippen molar-refractivity contribution in [1.29, 1.82) is 0 Å². The highest BCUT2D eigenvalue weighted by Gasteiger charge is 2.56. The minimum Gasteiger partial charge on any atom is -0.486 e.